The molecule has 0 fully saturated rings. The summed E-state index contributed by atoms with van der Waals surface area (Å²) >= 11 is 0. The molecule has 6 nitrogen and oxygen atoms in total. The van der Waals surface area contributed by atoms with Crippen molar-refractivity contribution in [1.29, 1.82) is 0 Å². The van der Waals surface area contributed by atoms with Crippen molar-refractivity contribution in [2.75, 3.05) is 6.61 Å². The average molecular weight is 285 g/mol. The first kappa shape index (κ1) is 14.4. The van der Waals surface area contributed by atoms with Crippen molar-refractivity contribution in [3.63, 3.8) is 0 Å². The van der Waals surface area contributed by atoms with Gasteiger partial charge in [0.25, 0.3) is 5.69 Å². The maximum absolute atomic E-state index is 11.9. The molecule has 0 saturated heterocycles. The number of rotatable bonds is 6. The first-order valence-corrected chi connectivity index (χ1v) is 6.06. The minimum absolute atomic E-state index is 0.0776. The molecule has 0 aromatic heterocycles. The normalized spacial score (nSPS) is 9.90. The molecule has 6 heteroatoms. The van der Waals surface area contributed by atoms with Gasteiger partial charge in [0.2, 0.25) is 0 Å². The summed E-state index contributed by atoms with van der Waals surface area (Å²) in [5.74, 6) is 0.108. The molecule has 0 bridgehead atoms. The molecule has 0 radical (unpaired) electrons. The lowest BCUT2D eigenvalue weighted by atomic mass is 10.1. The molecule has 0 heterocycles. The van der Waals surface area contributed by atoms with Gasteiger partial charge in [-0.2, -0.15) is 0 Å². The van der Waals surface area contributed by atoms with E-state index in [1.54, 1.807) is 18.2 Å². The van der Waals surface area contributed by atoms with Gasteiger partial charge in [-0.15, -0.1) is 0 Å². The Morgan fingerprint density at radius 2 is 1.90 bits per heavy atom. The van der Waals surface area contributed by atoms with Crippen LogP contribution in [0.4, 0.5) is 5.69 Å². The van der Waals surface area contributed by atoms with Crippen LogP contribution in [0.2, 0.25) is 0 Å². The predicted molar refractivity (Wildman–Crippen MR) is 74.8 cm³/mol. The zero-order valence-corrected chi connectivity index (χ0v) is 10.9. The van der Waals surface area contributed by atoms with Crippen LogP contribution in [0.5, 0.6) is 5.75 Å². The third kappa shape index (κ3) is 3.73. The minimum Gasteiger partial charge on any atom is -0.485 e. The quantitative estimate of drug-likeness (QED) is 0.352. The summed E-state index contributed by atoms with van der Waals surface area (Å²) in [4.78, 5) is 32.5. The van der Waals surface area contributed by atoms with Crippen LogP contribution in [0, 0.1) is 10.1 Å². The van der Waals surface area contributed by atoms with Crippen molar-refractivity contribution >= 4 is 17.8 Å². The lowest BCUT2D eigenvalue weighted by Gasteiger charge is -2.05. The van der Waals surface area contributed by atoms with Crippen LogP contribution in [-0.2, 0) is 0 Å². The number of non-ortho nitro benzene ring substituents is 1. The smallest absolute Gasteiger partial charge is 0.269 e. The van der Waals surface area contributed by atoms with Gasteiger partial charge < -0.3 is 4.74 Å². The van der Waals surface area contributed by atoms with Gasteiger partial charge in [-0.05, 0) is 24.3 Å². The fourth-order valence-electron chi connectivity index (χ4n) is 1.68. The van der Waals surface area contributed by atoms with E-state index in [9.17, 15) is 19.7 Å². The highest BCUT2D eigenvalue weighted by Gasteiger charge is 2.10. The van der Waals surface area contributed by atoms with Gasteiger partial charge in [0.05, 0.1) is 4.92 Å². The Labute approximate surface area is 120 Å². The van der Waals surface area contributed by atoms with Crippen LogP contribution in [0.3, 0.4) is 0 Å². The second-order valence-corrected chi connectivity index (χ2v) is 4.21. The van der Waals surface area contributed by atoms with Crippen molar-refractivity contribution in [1.82, 2.24) is 0 Å². The Morgan fingerprint density at radius 1 is 1.19 bits per heavy atom. The number of nitrogens with zero attached hydrogens (tertiary/aromatic N) is 1. The van der Waals surface area contributed by atoms with Gasteiger partial charge in [0, 0.05) is 23.3 Å². The summed E-state index contributed by atoms with van der Waals surface area (Å²) in [6, 6.07) is 11.7. The van der Waals surface area contributed by atoms with Gasteiger partial charge in [-0.3, -0.25) is 19.7 Å². The van der Waals surface area contributed by atoms with E-state index in [0.717, 1.165) is 0 Å². The van der Waals surface area contributed by atoms with Crippen LogP contribution >= 0.6 is 0 Å². The molecule has 0 aliphatic carbocycles. The summed E-state index contributed by atoms with van der Waals surface area (Å²) in [5.41, 5.74) is 0.702. The predicted octanol–water partition coefficient (Wildman–Crippen LogP) is 2.67. The topological polar surface area (TPSA) is 86.5 Å². The molecule has 0 N–H and O–H groups in total. The fraction of sp³-hybridized carbons (Fsp3) is 0.0667. The maximum atomic E-state index is 11.9. The number of aldehydes is 1. The van der Waals surface area contributed by atoms with Crippen molar-refractivity contribution in [3.8, 4) is 5.75 Å². The van der Waals surface area contributed by atoms with E-state index in [2.05, 4.69) is 0 Å². The molecule has 0 aliphatic rings. The van der Waals surface area contributed by atoms with E-state index in [1.807, 2.05) is 0 Å². The van der Waals surface area contributed by atoms with Gasteiger partial charge in [-0.25, -0.2) is 0 Å². The third-order valence-electron chi connectivity index (χ3n) is 2.76. The lowest BCUT2D eigenvalue weighted by Crippen LogP contribution is -2.11. The molecule has 106 valence electrons. The molecule has 0 atom stereocenters. The second kappa shape index (κ2) is 6.42. The Hall–Kier alpha value is -3.02. The molecule has 2 aromatic rings. The van der Waals surface area contributed by atoms with E-state index in [0.29, 0.717) is 23.2 Å². The highest BCUT2D eigenvalue weighted by atomic mass is 16.6. The molecule has 0 saturated carbocycles. The SMILES string of the molecule is O=Cc1cccc(OCC(=O)c2ccc([N+](=O)[O-])cc2)c1. The Bertz CT molecular complexity index is 679. The van der Waals surface area contributed by atoms with Gasteiger partial charge in [-0.1, -0.05) is 12.1 Å². The first-order valence-electron chi connectivity index (χ1n) is 6.06. The van der Waals surface area contributed by atoms with Crippen molar-refractivity contribution < 1.29 is 19.2 Å². The maximum Gasteiger partial charge on any atom is 0.269 e. The largest absolute Gasteiger partial charge is 0.485 e. The standard InChI is InChI=1S/C15H11NO5/c17-9-11-2-1-3-14(8-11)21-10-15(18)12-4-6-13(7-5-12)16(19)20/h1-9H,10H2. The van der Waals surface area contributed by atoms with E-state index in [-0.39, 0.29) is 18.1 Å². The number of carbonyl (C=O) groups excluding carboxylic acids is 2. The Morgan fingerprint density at radius 3 is 2.52 bits per heavy atom. The van der Waals surface area contributed by atoms with Gasteiger partial charge >= 0.3 is 0 Å². The first-order chi connectivity index (χ1) is 10.1. The number of nitro groups is 1. The van der Waals surface area contributed by atoms with Crippen LogP contribution in [0.25, 0.3) is 0 Å². The molecule has 0 spiro atoms. The summed E-state index contributed by atoms with van der Waals surface area (Å²) < 4.78 is 5.30. The van der Waals surface area contributed by atoms with Crippen molar-refractivity contribution in [3.05, 3.63) is 69.8 Å². The average Bonchev–Trinajstić information content (AvgIpc) is 2.53. The number of ether oxygens (including phenoxy) is 1. The highest BCUT2D eigenvalue weighted by Crippen LogP contribution is 2.14. The zero-order valence-electron chi connectivity index (χ0n) is 10.9. The lowest BCUT2D eigenvalue weighted by molar-refractivity contribution is -0.384. The number of nitro benzene ring substituents is 1. The van der Waals surface area contributed by atoms with Crippen molar-refractivity contribution in [2.24, 2.45) is 0 Å². The summed E-state index contributed by atoms with van der Waals surface area (Å²) in [7, 11) is 0. The number of benzene rings is 2. The van der Waals surface area contributed by atoms with E-state index in [1.165, 1.54) is 30.3 Å². The third-order valence-corrected chi connectivity index (χ3v) is 2.76. The number of hydrogen-bond acceptors (Lipinski definition) is 5. The van der Waals surface area contributed by atoms with Crippen molar-refractivity contribution in [2.45, 2.75) is 0 Å². The molecule has 2 aromatic carbocycles. The molecule has 0 aliphatic heterocycles. The summed E-state index contributed by atoms with van der Waals surface area (Å²) in [6.07, 6.45) is 0.686. The monoisotopic (exact) mass is 285 g/mol. The molecule has 0 unspecified atom stereocenters. The van der Waals surface area contributed by atoms with E-state index < -0.39 is 4.92 Å². The van der Waals surface area contributed by atoms with Crippen LogP contribution in [0.1, 0.15) is 20.7 Å². The Kier molecular flexibility index (Phi) is 4.40. The van der Waals surface area contributed by atoms with E-state index >= 15 is 0 Å². The fourth-order valence-corrected chi connectivity index (χ4v) is 1.68. The number of carbonyl (C=O) groups is 2. The highest BCUT2D eigenvalue weighted by molar-refractivity contribution is 5.97. The zero-order chi connectivity index (χ0) is 15.2. The minimum atomic E-state index is -0.532. The van der Waals surface area contributed by atoms with Crippen LogP contribution in [-0.4, -0.2) is 23.6 Å². The molecular formula is C15H11NO5. The van der Waals surface area contributed by atoms with Crippen LogP contribution < -0.4 is 4.74 Å². The summed E-state index contributed by atoms with van der Waals surface area (Å²) in [5, 5.41) is 10.5. The van der Waals surface area contributed by atoms with E-state index in [4.69, 9.17) is 4.74 Å². The Balaban J connectivity index is 2.00. The molecule has 21 heavy (non-hydrogen) atoms. The molecule has 2 rings (SSSR count). The van der Waals surface area contributed by atoms with Crippen LogP contribution in [0.15, 0.2) is 48.5 Å². The number of Topliss-reactive ketones (excluding diaryl/α,β-unsaturated/α-hetero) is 1. The van der Waals surface area contributed by atoms with Gasteiger partial charge in [0.1, 0.15) is 12.0 Å². The molecular weight excluding hydrogens is 274 g/mol. The number of hydrogen-bond donors (Lipinski definition) is 0. The number of ketones is 1. The summed E-state index contributed by atoms with van der Waals surface area (Å²) in [6.45, 7) is -0.208. The molecule has 0 amide bonds. The second-order valence-electron chi connectivity index (χ2n) is 4.21. The van der Waals surface area contributed by atoms with Gasteiger partial charge in [0.15, 0.2) is 12.4 Å².